The molecule has 0 saturated carbocycles. The first-order valence-electron chi connectivity index (χ1n) is 10.1. The molecule has 6 heteroatoms. The van der Waals surface area contributed by atoms with Crippen LogP contribution in [0, 0.1) is 13.8 Å². The summed E-state index contributed by atoms with van der Waals surface area (Å²) in [6.45, 7) is 6.01. The van der Waals surface area contributed by atoms with E-state index in [0.29, 0.717) is 6.42 Å². The van der Waals surface area contributed by atoms with Gasteiger partial charge in [0.1, 0.15) is 0 Å². The molecule has 0 atom stereocenters. The van der Waals surface area contributed by atoms with Crippen molar-refractivity contribution in [2.24, 2.45) is 0 Å². The van der Waals surface area contributed by atoms with Crippen molar-refractivity contribution < 1.29 is 4.79 Å². The van der Waals surface area contributed by atoms with Gasteiger partial charge in [0, 0.05) is 23.7 Å². The summed E-state index contributed by atoms with van der Waals surface area (Å²) in [5.41, 5.74) is 7.35. The molecule has 1 N–H and O–H groups in total. The van der Waals surface area contributed by atoms with Gasteiger partial charge in [-0.3, -0.25) is 4.79 Å². The Hall–Kier alpha value is -2.73. The van der Waals surface area contributed by atoms with E-state index in [2.05, 4.69) is 46.4 Å². The number of hydrogen-bond donors (Lipinski definition) is 1. The van der Waals surface area contributed by atoms with E-state index in [0.717, 1.165) is 66.2 Å². The maximum atomic E-state index is 12.8. The van der Waals surface area contributed by atoms with Gasteiger partial charge in [-0.1, -0.05) is 12.1 Å². The summed E-state index contributed by atoms with van der Waals surface area (Å²) >= 11 is 0. The average molecular weight is 375 g/mol. The fourth-order valence-corrected chi connectivity index (χ4v) is 4.63. The molecule has 2 aliphatic heterocycles. The third-order valence-corrected chi connectivity index (χ3v) is 5.95. The number of benzene rings is 1. The highest BCUT2D eigenvalue weighted by molar-refractivity contribution is 5.98. The van der Waals surface area contributed by atoms with Gasteiger partial charge in [-0.2, -0.15) is 5.10 Å². The molecular formula is C22H25N5O. The highest BCUT2D eigenvalue weighted by Gasteiger charge is 2.32. The van der Waals surface area contributed by atoms with Crippen LogP contribution in [0.2, 0.25) is 0 Å². The Bertz CT molecular complexity index is 1060. The maximum Gasteiger partial charge on any atom is 0.227 e. The van der Waals surface area contributed by atoms with Gasteiger partial charge in [0.2, 0.25) is 5.91 Å². The number of aryl methyl sites for hydroxylation is 2. The molecule has 0 spiro atoms. The smallest absolute Gasteiger partial charge is 0.227 e. The number of rotatable bonds is 2. The number of aromatic nitrogens is 3. The van der Waals surface area contributed by atoms with E-state index in [1.165, 1.54) is 5.56 Å². The van der Waals surface area contributed by atoms with Crippen molar-refractivity contribution in [1.29, 1.82) is 0 Å². The van der Waals surface area contributed by atoms with Gasteiger partial charge in [0.05, 0.1) is 17.6 Å². The van der Waals surface area contributed by atoms with E-state index in [1.54, 1.807) is 0 Å². The Morgan fingerprint density at radius 1 is 1.14 bits per heavy atom. The highest BCUT2D eigenvalue weighted by Crippen LogP contribution is 2.37. The first-order valence-corrected chi connectivity index (χ1v) is 10.1. The summed E-state index contributed by atoms with van der Waals surface area (Å²) in [5.74, 6) is 0.251. The summed E-state index contributed by atoms with van der Waals surface area (Å²) in [7, 11) is 0. The Kier molecular flexibility index (Phi) is 4.16. The first kappa shape index (κ1) is 17.4. The van der Waals surface area contributed by atoms with E-state index in [1.807, 2.05) is 17.6 Å². The van der Waals surface area contributed by atoms with Crippen LogP contribution in [0.3, 0.4) is 0 Å². The van der Waals surface area contributed by atoms with Crippen molar-refractivity contribution in [3.05, 3.63) is 47.3 Å². The topological polar surface area (TPSA) is 62.5 Å². The SMILES string of the molecule is Cc1cn2nc(-c3cccc4c3CCC(=O)N4C3CCNCC3)cc(C)c2n1. The number of piperidine rings is 1. The number of fused-ring (bicyclic) bond motifs is 2. The Morgan fingerprint density at radius 2 is 1.96 bits per heavy atom. The van der Waals surface area contributed by atoms with Crippen molar-refractivity contribution in [1.82, 2.24) is 19.9 Å². The molecule has 3 aromatic rings. The Morgan fingerprint density at radius 3 is 2.79 bits per heavy atom. The molecule has 6 nitrogen and oxygen atoms in total. The number of anilines is 1. The molecule has 1 aromatic carbocycles. The summed E-state index contributed by atoms with van der Waals surface area (Å²) in [6, 6.07) is 8.69. The fourth-order valence-electron chi connectivity index (χ4n) is 4.63. The van der Waals surface area contributed by atoms with Crippen LogP contribution in [0.1, 0.15) is 36.1 Å². The predicted molar refractivity (Wildman–Crippen MR) is 110 cm³/mol. The zero-order chi connectivity index (χ0) is 19.3. The second-order valence-corrected chi connectivity index (χ2v) is 7.91. The molecule has 4 heterocycles. The summed E-state index contributed by atoms with van der Waals surface area (Å²) in [5, 5.41) is 8.23. The second-order valence-electron chi connectivity index (χ2n) is 7.91. The van der Waals surface area contributed by atoms with Gasteiger partial charge in [0.15, 0.2) is 5.65 Å². The molecule has 2 aromatic heterocycles. The molecule has 0 unspecified atom stereocenters. The lowest BCUT2D eigenvalue weighted by Gasteiger charge is -2.38. The Labute approximate surface area is 164 Å². The number of carbonyl (C=O) groups is 1. The van der Waals surface area contributed by atoms with Crippen LogP contribution in [0.5, 0.6) is 0 Å². The van der Waals surface area contributed by atoms with Crippen molar-refractivity contribution in [2.75, 3.05) is 18.0 Å². The maximum absolute atomic E-state index is 12.8. The number of nitrogens with one attached hydrogen (secondary N) is 1. The quantitative estimate of drug-likeness (QED) is 0.748. The fraction of sp³-hybridized carbons (Fsp3) is 0.409. The van der Waals surface area contributed by atoms with Crippen LogP contribution in [0.4, 0.5) is 5.69 Å². The standard InChI is InChI=1S/C22H25N5O/c1-14-12-19(25-26-13-15(2)24-22(14)26)17-4-3-5-20-18(17)6-7-21(28)27(20)16-8-10-23-11-9-16/h3-5,12-13,16,23H,6-11H2,1-2H3. The molecular weight excluding hydrogens is 350 g/mol. The largest absolute Gasteiger partial charge is 0.317 e. The summed E-state index contributed by atoms with van der Waals surface area (Å²) in [6.07, 6.45) is 5.32. The monoisotopic (exact) mass is 375 g/mol. The van der Waals surface area contributed by atoms with Gasteiger partial charge in [-0.05, 0) is 69.5 Å². The predicted octanol–water partition coefficient (Wildman–Crippen LogP) is 3.04. The third kappa shape index (κ3) is 2.79. The lowest BCUT2D eigenvalue weighted by Crippen LogP contribution is -2.48. The van der Waals surface area contributed by atoms with Crippen LogP contribution < -0.4 is 10.2 Å². The molecule has 144 valence electrons. The molecule has 5 rings (SSSR count). The summed E-state index contributed by atoms with van der Waals surface area (Å²) < 4.78 is 1.87. The van der Waals surface area contributed by atoms with Crippen molar-refractivity contribution >= 4 is 17.2 Å². The molecule has 1 fully saturated rings. The number of nitrogens with zero attached hydrogens (tertiary/aromatic N) is 4. The highest BCUT2D eigenvalue weighted by atomic mass is 16.2. The van der Waals surface area contributed by atoms with Crippen LogP contribution >= 0.6 is 0 Å². The molecule has 1 amide bonds. The molecule has 1 saturated heterocycles. The van der Waals surface area contributed by atoms with E-state index < -0.39 is 0 Å². The summed E-state index contributed by atoms with van der Waals surface area (Å²) in [4.78, 5) is 19.4. The second kappa shape index (κ2) is 6.71. The van der Waals surface area contributed by atoms with Crippen LogP contribution in [0.25, 0.3) is 16.9 Å². The van der Waals surface area contributed by atoms with Crippen LogP contribution in [-0.2, 0) is 11.2 Å². The minimum absolute atomic E-state index is 0.251. The van der Waals surface area contributed by atoms with E-state index >= 15 is 0 Å². The van der Waals surface area contributed by atoms with Gasteiger partial charge < -0.3 is 10.2 Å². The van der Waals surface area contributed by atoms with Gasteiger partial charge in [0.25, 0.3) is 0 Å². The molecule has 0 bridgehead atoms. The Balaban J connectivity index is 1.63. The third-order valence-electron chi connectivity index (χ3n) is 5.95. The van der Waals surface area contributed by atoms with Crippen molar-refractivity contribution in [3.8, 4) is 11.3 Å². The normalized spacial score (nSPS) is 17.9. The molecule has 28 heavy (non-hydrogen) atoms. The lowest BCUT2D eigenvalue weighted by molar-refractivity contribution is -0.119. The number of amides is 1. The zero-order valence-electron chi connectivity index (χ0n) is 16.4. The van der Waals surface area contributed by atoms with E-state index in [9.17, 15) is 4.79 Å². The van der Waals surface area contributed by atoms with Crippen molar-refractivity contribution in [2.45, 2.75) is 45.6 Å². The minimum Gasteiger partial charge on any atom is -0.317 e. The molecule has 2 aliphatic rings. The van der Waals surface area contributed by atoms with Crippen LogP contribution in [-0.4, -0.2) is 39.6 Å². The van der Waals surface area contributed by atoms with Gasteiger partial charge >= 0.3 is 0 Å². The first-order chi connectivity index (χ1) is 13.6. The van der Waals surface area contributed by atoms with Crippen LogP contribution in [0.15, 0.2) is 30.5 Å². The van der Waals surface area contributed by atoms with E-state index in [-0.39, 0.29) is 11.9 Å². The van der Waals surface area contributed by atoms with Gasteiger partial charge in [-0.15, -0.1) is 0 Å². The molecule has 0 aliphatic carbocycles. The number of imidazole rings is 1. The number of carbonyl (C=O) groups excluding carboxylic acids is 1. The average Bonchev–Trinajstić information content (AvgIpc) is 3.09. The van der Waals surface area contributed by atoms with E-state index in [4.69, 9.17) is 5.10 Å². The van der Waals surface area contributed by atoms with Crippen molar-refractivity contribution in [3.63, 3.8) is 0 Å². The zero-order valence-corrected chi connectivity index (χ0v) is 16.4. The van der Waals surface area contributed by atoms with Gasteiger partial charge in [-0.25, -0.2) is 9.50 Å². The lowest BCUT2D eigenvalue weighted by atomic mass is 9.91. The minimum atomic E-state index is 0.251. The molecule has 0 radical (unpaired) electrons. The number of hydrogen-bond acceptors (Lipinski definition) is 4.